The van der Waals surface area contributed by atoms with Gasteiger partial charge in [-0.25, -0.2) is 0 Å². The van der Waals surface area contributed by atoms with E-state index in [9.17, 15) is 4.79 Å². The number of amides is 1. The SMILES string of the molecule is CN1CC(Cc2ccc(Cl)cc2)NC(=O)C1CO. The predicted molar refractivity (Wildman–Crippen MR) is 70.6 cm³/mol. The van der Waals surface area contributed by atoms with Gasteiger partial charge in [-0.2, -0.15) is 0 Å². The minimum absolute atomic E-state index is 0.0754. The van der Waals surface area contributed by atoms with E-state index >= 15 is 0 Å². The molecule has 1 heterocycles. The van der Waals surface area contributed by atoms with Crippen LogP contribution in [0.5, 0.6) is 0 Å². The molecule has 1 aromatic carbocycles. The summed E-state index contributed by atoms with van der Waals surface area (Å²) in [6.07, 6.45) is 0.769. The molecule has 98 valence electrons. The number of nitrogens with one attached hydrogen (secondary N) is 1. The van der Waals surface area contributed by atoms with Gasteiger partial charge in [0.2, 0.25) is 5.91 Å². The fraction of sp³-hybridized carbons (Fsp3) is 0.462. The van der Waals surface area contributed by atoms with Crippen molar-refractivity contribution in [1.29, 1.82) is 0 Å². The van der Waals surface area contributed by atoms with Crippen molar-refractivity contribution in [3.8, 4) is 0 Å². The van der Waals surface area contributed by atoms with Crippen molar-refractivity contribution in [2.75, 3.05) is 20.2 Å². The second-order valence-corrected chi connectivity index (χ2v) is 5.11. The van der Waals surface area contributed by atoms with Crippen LogP contribution in [0.4, 0.5) is 0 Å². The van der Waals surface area contributed by atoms with Crippen molar-refractivity contribution in [2.45, 2.75) is 18.5 Å². The summed E-state index contributed by atoms with van der Waals surface area (Å²) in [7, 11) is 1.86. The fourth-order valence-electron chi connectivity index (χ4n) is 2.26. The lowest BCUT2D eigenvalue weighted by atomic mass is 10.0. The molecule has 0 bridgehead atoms. The van der Waals surface area contributed by atoms with Gasteiger partial charge in [0.15, 0.2) is 0 Å². The summed E-state index contributed by atoms with van der Waals surface area (Å²) in [5.41, 5.74) is 1.14. The Morgan fingerprint density at radius 2 is 2.11 bits per heavy atom. The third kappa shape index (κ3) is 3.02. The third-order valence-corrected chi connectivity index (χ3v) is 3.51. The number of hydrogen-bond acceptors (Lipinski definition) is 3. The number of rotatable bonds is 3. The number of carbonyl (C=O) groups is 1. The molecular weight excluding hydrogens is 252 g/mol. The molecule has 2 N–H and O–H groups in total. The van der Waals surface area contributed by atoms with Gasteiger partial charge in [-0.3, -0.25) is 9.69 Å². The average molecular weight is 269 g/mol. The molecule has 0 spiro atoms. The van der Waals surface area contributed by atoms with Crippen molar-refractivity contribution in [2.24, 2.45) is 0 Å². The zero-order valence-corrected chi connectivity index (χ0v) is 11.0. The molecule has 2 unspecified atom stereocenters. The molecule has 5 heteroatoms. The zero-order chi connectivity index (χ0) is 13.1. The number of aliphatic hydroxyl groups is 1. The molecule has 1 fully saturated rings. The second-order valence-electron chi connectivity index (χ2n) is 4.67. The first kappa shape index (κ1) is 13.3. The predicted octanol–water partition coefficient (Wildman–Crippen LogP) is 0.674. The zero-order valence-electron chi connectivity index (χ0n) is 10.3. The lowest BCUT2D eigenvalue weighted by Crippen LogP contribution is -2.60. The monoisotopic (exact) mass is 268 g/mol. The third-order valence-electron chi connectivity index (χ3n) is 3.26. The number of hydrogen-bond donors (Lipinski definition) is 2. The van der Waals surface area contributed by atoms with Gasteiger partial charge in [0.05, 0.1) is 6.61 Å². The highest BCUT2D eigenvalue weighted by Crippen LogP contribution is 2.13. The van der Waals surface area contributed by atoms with Crippen molar-refractivity contribution < 1.29 is 9.90 Å². The number of benzene rings is 1. The molecule has 1 saturated heterocycles. The number of piperazine rings is 1. The summed E-state index contributed by atoms with van der Waals surface area (Å²) >= 11 is 5.83. The van der Waals surface area contributed by atoms with Crippen LogP contribution in [0.15, 0.2) is 24.3 Å². The molecule has 2 atom stereocenters. The maximum atomic E-state index is 11.8. The highest BCUT2D eigenvalue weighted by atomic mass is 35.5. The number of likely N-dealkylation sites (N-methyl/N-ethyl adjacent to an activating group) is 1. The molecule has 4 nitrogen and oxygen atoms in total. The molecule has 1 aromatic rings. The molecule has 18 heavy (non-hydrogen) atoms. The van der Waals surface area contributed by atoms with Crippen molar-refractivity contribution in [3.63, 3.8) is 0 Å². The van der Waals surface area contributed by atoms with E-state index in [1.807, 2.05) is 36.2 Å². The fourth-order valence-corrected chi connectivity index (χ4v) is 2.39. The Kier molecular flexibility index (Phi) is 4.22. The van der Waals surface area contributed by atoms with Crippen LogP contribution in [0.2, 0.25) is 5.02 Å². The van der Waals surface area contributed by atoms with Crippen molar-refractivity contribution in [1.82, 2.24) is 10.2 Å². The van der Waals surface area contributed by atoms with Gasteiger partial charge in [0.1, 0.15) is 6.04 Å². The molecule has 1 aliphatic rings. The maximum absolute atomic E-state index is 11.8. The largest absolute Gasteiger partial charge is 0.394 e. The highest BCUT2D eigenvalue weighted by molar-refractivity contribution is 6.30. The number of aliphatic hydroxyl groups excluding tert-OH is 1. The summed E-state index contributed by atoms with van der Waals surface area (Å²) < 4.78 is 0. The number of carbonyl (C=O) groups excluding carboxylic acids is 1. The number of halogens is 1. The van der Waals surface area contributed by atoms with E-state index in [1.54, 1.807) is 0 Å². The topological polar surface area (TPSA) is 52.6 Å². The van der Waals surface area contributed by atoms with Gasteiger partial charge in [-0.1, -0.05) is 23.7 Å². The van der Waals surface area contributed by atoms with E-state index in [1.165, 1.54) is 0 Å². The molecule has 0 radical (unpaired) electrons. The molecular formula is C13H17ClN2O2. The van der Waals surface area contributed by atoms with Gasteiger partial charge in [-0.15, -0.1) is 0 Å². The van der Waals surface area contributed by atoms with Crippen LogP contribution in [0.25, 0.3) is 0 Å². The van der Waals surface area contributed by atoms with Crippen LogP contribution in [0, 0.1) is 0 Å². The van der Waals surface area contributed by atoms with Crippen LogP contribution < -0.4 is 5.32 Å². The Morgan fingerprint density at radius 1 is 1.44 bits per heavy atom. The summed E-state index contributed by atoms with van der Waals surface area (Å²) in [5, 5.41) is 12.8. The molecule has 0 saturated carbocycles. The summed E-state index contributed by atoms with van der Waals surface area (Å²) in [5.74, 6) is -0.106. The summed E-state index contributed by atoms with van der Waals surface area (Å²) in [6, 6.07) is 7.28. The average Bonchev–Trinajstić information content (AvgIpc) is 2.32. The quantitative estimate of drug-likeness (QED) is 0.847. The van der Waals surface area contributed by atoms with Crippen LogP contribution in [0.3, 0.4) is 0 Å². The van der Waals surface area contributed by atoms with Gasteiger partial charge >= 0.3 is 0 Å². The first-order valence-corrected chi connectivity index (χ1v) is 6.34. The van der Waals surface area contributed by atoms with E-state index in [2.05, 4.69) is 5.32 Å². The van der Waals surface area contributed by atoms with E-state index in [0.29, 0.717) is 5.02 Å². The molecule has 0 aromatic heterocycles. The van der Waals surface area contributed by atoms with E-state index < -0.39 is 6.04 Å². The van der Waals surface area contributed by atoms with Gasteiger partial charge in [0.25, 0.3) is 0 Å². The van der Waals surface area contributed by atoms with Crippen molar-refractivity contribution in [3.05, 3.63) is 34.9 Å². The van der Waals surface area contributed by atoms with Gasteiger partial charge in [-0.05, 0) is 31.2 Å². The van der Waals surface area contributed by atoms with E-state index in [0.717, 1.165) is 18.5 Å². The van der Waals surface area contributed by atoms with Crippen LogP contribution in [0.1, 0.15) is 5.56 Å². The normalized spacial score (nSPS) is 24.9. The molecule has 0 aliphatic carbocycles. The first-order valence-electron chi connectivity index (χ1n) is 5.96. The Labute approximate surface area is 112 Å². The first-order chi connectivity index (χ1) is 8.60. The Balaban J connectivity index is 1.99. The van der Waals surface area contributed by atoms with Crippen LogP contribution >= 0.6 is 11.6 Å². The minimum atomic E-state index is -0.425. The Hall–Kier alpha value is -1.10. The Bertz CT molecular complexity index is 422. The Morgan fingerprint density at radius 3 is 2.67 bits per heavy atom. The van der Waals surface area contributed by atoms with Crippen molar-refractivity contribution >= 4 is 17.5 Å². The summed E-state index contributed by atoms with van der Waals surface area (Å²) in [4.78, 5) is 13.6. The van der Waals surface area contributed by atoms with Gasteiger partial charge < -0.3 is 10.4 Å². The molecule has 2 rings (SSSR count). The highest BCUT2D eigenvalue weighted by Gasteiger charge is 2.31. The second kappa shape index (κ2) is 5.69. The van der Waals surface area contributed by atoms with Crippen LogP contribution in [-0.4, -0.2) is 48.2 Å². The lowest BCUT2D eigenvalue weighted by molar-refractivity contribution is -0.131. The maximum Gasteiger partial charge on any atom is 0.240 e. The van der Waals surface area contributed by atoms with Gasteiger partial charge in [0, 0.05) is 17.6 Å². The molecule has 1 amide bonds. The lowest BCUT2D eigenvalue weighted by Gasteiger charge is -2.36. The van der Waals surface area contributed by atoms with E-state index in [-0.39, 0.29) is 18.6 Å². The molecule has 1 aliphatic heterocycles. The van der Waals surface area contributed by atoms with Crippen LogP contribution in [-0.2, 0) is 11.2 Å². The number of nitrogens with zero attached hydrogens (tertiary/aromatic N) is 1. The minimum Gasteiger partial charge on any atom is -0.394 e. The van der Waals surface area contributed by atoms with E-state index in [4.69, 9.17) is 16.7 Å². The standard InChI is InChI=1S/C13H17ClN2O2/c1-16-7-11(15-13(18)12(16)8-17)6-9-2-4-10(14)5-3-9/h2-5,11-12,17H,6-8H2,1H3,(H,15,18). The smallest absolute Gasteiger partial charge is 0.240 e. The summed E-state index contributed by atoms with van der Waals surface area (Å²) in [6.45, 7) is 0.593.